The Morgan fingerprint density at radius 1 is 1.24 bits per heavy atom. The number of hydrogen-bond donors (Lipinski definition) is 3. The lowest BCUT2D eigenvalue weighted by molar-refractivity contribution is -0.183. The second-order valence-corrected chi connectivity index (χ2v) is 9.54. The van der Waals surface area contributed by atoms with Crippen LogP contribution in [0.2, 0.25) is 0 Å². The molecule has 0 radical (unpaired) electrons. The number of ether oxygens (including phenoxy) is 2. The number of rotatable bonds is 5. The van der Waals surface area contributed by atoms with Gasteiger partial charge in [-0.15, -0.1) is 0 Å². The Balaban J connectivity index is 1.70. The van der Waals surface area contributed by atoms with Crippen molar-refractivity contribution in [1.29, 1.82) is 0 Å². The van der Waals surface area contributed by atoms with E-state index < -0.39 is 12.3 Å². The summed E-state index contributed by atoms with van der Waals surface area (Å²) < 4.78 is 25.6. The van der Waals surface area contributed by atoms with Gasteiger partial charge >= 0.3 is 12.5 Å². The van der Waals surface area contributed by atoms with Gasteiger partial charge in [0.2, 0.25) is 0 Å². The quantitative estimate of drug-likeness (QED) is 0.271. The summed E-state index contributed by atoms with van der Waals surface area (Å²) in [4.78, 5) is 15.8. The number of aromatic hydroxyl groups is 1. The zero-order valence-electron chi connectivity index (χ0n) is 20.8. The van der Waals surface area contributed by atoms with Crippen LogP contribution in [0.25, 0.3) is 32.9 Å². The molecule has 4 bridgehead atoms. The van der Waals surface area contributed by atoms with Gasteiger partial charge in [-0.3, -0.25) is 4.98 Å². The minimum Gasteiger partial charge on any atom is -0.508 e. The standard InChI is InChI=1S/C28H25FN4O5/c1-14-24-19-12-17(34)10-16-6-7-21(29)18(23(16)19)5-3-4-15-11-22(15)33(8-9-37-2)26-20(13-30-24)25(14)31-27(32-26)38-28(35)36/h6-7,10,12-13,15,22,28,34-36H,4,8-9,11H2,1-2H3/t15-,22-/m1/s1. The number of aliphatic hydroxyl groups is 2. The van der Waals surface area contributed by atoms with Crippen LogP contribution in [0.1, 0.15) is 24.0 Å². The summed E-state index contributed by atoms with van der Waals surface area (Å²) >= 11 is 0. The maximum absolute atomic E-state index is 15.2. The lowest BCUT2D eigenvalue weighted by atomic mass is 9.94. The molecule has 3 N–H and O–H groups in total. The molecular weight excluding hydrogens is 491 g/mol. The van der Waals surface area contributed by atoms with E-state index in [-0.39, 0.29) is 29.3 Å². The second-order valence-electron chi connectivity index (χ2n) is 9.54. The highest BCUT2D eigenvalue weighted by Crippen LogP contribution is 2.44. The zero-order chi connectivity index (χ0) is 26.6. The van der Waals surface area contributed by atoms with E-state index in [4.69, 9.17) is 14.5 Å². The van der Waals surface area contributed by atoms with Crippen molar-refractivity contribution in [3.05, 3.63) is 47.4 Å². The summed E-state index contributed by atoms with van der Waals surface area (Å²) in [6, 6.07) is 5.97. The number of fused-ring (bicyclic) bond motifs is 2. The van der Waals surface area contributed by atoms with E-state index in [1.54, 1.807) is 31.5 Å². The molecule has 194 valence electrons. The molecule has 2 aromatic carbocycles. The molecule has 1 saturated carbocycles. The Labute approximate surface area is 217 Å². The van der Waals surface area contributed by atoms with Gasteiger partial charge in [-0.05, 0) is 42.8 Å². The van der Waals surface area contributed by atoms with Crippen LogP contribution in [0.5, 0.6) is 11.8 Å². The average Bonchev–Trinajstić information content (AvgIpc) is 3.64. The fourth-order valence-electron chi connectivity index (χ4n) is 5.27. The van der Waals surface area contributed by atoms with E-state index in [2.05, 4.69) is 26.7 Å². The van der Waals surface area contributed by atoms with Crippen LogP contribution in [0.3, 0.4) is 0 Å². The first kappa shape index (κ1) is 24.3. The predicted molar refractivity (Wildman–Crippen MR) is 138 cm³/mol. The molecule has 0 amide bonds. The average molecular weight is 517 g/mol. The van der Waals surface area contributed by atoms with Crippen LogP contribution in [0.4, 0.5) is 10.2 Å². The second kappa shape index (κ2) is 9.36. The normalized spacial score (nSPS) is 18.0. The number of aliphatic hydroxyl groups excluding tert-OH is 1. The number of aromatic nitrogens is 3. The molecule has 7 rings (SSSR count). The van der Waals surface area contributed by atoms with Gasteiger partial charge in [0.05, 0.1) is 28.8 Å². The Kier molecular flexibility index (Phi) is 5.99. The number of benzene rings is 2. The smallest absolute Gasteiger partial charge is 0.323 e. The summed E-state index contributed by atoms with van der Waals surface area (Å²) in [6.07, 6.45) is 3.05. The lowest BCUT2D eigenvalue weighted by Crippen LogP contribution is -2.32. The summed E-state index contributed by atoms with van der Waals surface area (Å²) in [5.74, 6) is 6.55. The van der Waals surface area contributed by atoms with Gasteiger partial charge in [-0.25, -0.2) is 4.39 Å². The maximum Gasteiger partial charge on any atom is 0.323 e. The number of methoxy groups -OCH3 is 1. The molecule has 0 unspecified atom stereocenters. The summed E-state index contributed by atoms with van der Waals surface area (Å²) in [6.45, 7) is 0.657. The minimum absolute atomic E-state index is 0.00259. The molecule has 3 aliphatic rings. The fourth-order valence-corrected chi connectivity index (χ4v) is 5.27. The van der Waals surface area contributed by atoms with Crippen LogP contribution >= 0.6 is 0 Å². The van der Waals surface area contributed by atoms with Gasteiger partial charge in [-0.2, -0.15) is 9.97 Å². The Morgan fingerprint density at radius 2 is 2.08 bits per heavy atom. The Morgan fingerprint density at radius 3 is 2.87 bits per heavy atom. The maximum atomic E-state index is 15.2. The molecule has 2 aromatic heterocycles. The van der Waals surface area contributed by atoms with Crippen molar-refractivity contribution < 1.29 is 29.2 Å². The van der Waals surface area contributed by atoms with Gasteiger partial charge in [-0.1, -0.05) is 17.9 Å². The van der Waals surface area contributed by atoms with Crippen molar-refractivity contribution >= 4 is 27.5 Å². The highest BCUT2D eigenvalue weighted by Gasteiger charge is 2.42. The molecule has 0 spiro atoms. The third kappa shape index (κ3) is 4.15. The highest BCUT2D eigenvalue weighted by atomic mass is 19.1. The van der Waals surface area contributed by atoms with Gasteiger partial charge in [0.15, 0.2) is 0 Å². The Hall–Kier alpha value is -4.04. The largest absolute Gasteiger partial charge is 0.508 e. The van der Waals surface area contributed by atoms with Gasteiger partial charge in [0.1, 0.15) is 17.4 Å². The molecule has 10 heteroatoms. The molecule has 4 aromatic rings. The van der Waals surface area contributed by atoms with Crippen molar-refractivity contribution in [3.8, 4) is 34.9 Å². The van der Waals surface area contributed by atoms with Gasteiger partial charge in [0.25, 0.3) is 0 Å². The van der Waals surface area contributed by atoms with Crippen LogP contribution in [-0.2, 0) is 4.74 Å². The van der Waals surface area contributed by atoms with Gasteiger partial charge in [0, 0.05) is 48.8 Å². The molecule has 1 fully saturated rings. The van der Waals surface area contributed by atoms with Crippen molar-refractivity contribution in [2.24, 2.45) is 5.92 Å². The first-order chi connectivity index (χ1) is 18.4. The van der Waals surface area contributed by atoms with Crippen LogP contribution in [0.15, 0.2) is 30.5 Å². The minimum atomic E-state index is -2.11. The zero-order valence-corrected chi connectivity index (χ0v) is 20.8. The predicted octanol–water partition coefficient (Wildman–Crippen LogP) is 3.24. The number of phenols is 1. The molecular formula is C28H25FN4O5. The van der Waals surface area contributed by atoms with E-state index in [9.17, 15) is 15.3 Å². The van der Waals surface area contributed by atoms with E-state index >= 15 is 4.39 Å². The number of phenolic OH excluding ortho intramolecular Hbond substituents is 1. The van der Waals surface area contributed by atoms with E-state index in [1.165, 1.54) is 6.07 Å². The molecule has 2 atom stereocenters. The highest BCUT2D eigenvalue weighted by molar-refractivity contribution is 6.04. The van der Waals surface area contributed by atoms with Crippen molar-refractivity contribution in [2.45, 2.75) is 32.3 Å². The molecule has 4 heterocycles. The van der Waals surface area contributed by atoms with Crippen molar-refractivity contribution in [1.82, 2.24) is 15.0 Å². The third-order valence-electron chi connectivity index (χ3n) is 7.13. The Bertz CT molecular complexity index is 1650. The number of anilines is 1. The SMILES string of the molecule is COCCN1c2nc(OC(O)O)nc3c(C)c(ncc23)-c2cc(O)cc3ccc(F)c(c23)C#CC[C@@H]2C[C@H]21. The lowest BCUT2D eigenvalue weighted by Gasteiger charge is -2.26. The summed E-state index contributed by atoms with van der Waals surface area (Å²) in [5.41, 5.74) is 2.32. The van der Waals surface area contributed by atoms with Crippen LogP contribution in [-0.4, -0.2) is 63.1 Å². The molecule has 38 heavy (non-hydrogen) atoms. The van der Waals surface area contributed by atoms with E-state index in [0.29, 0.717) is 63.9 Å². The molecule has 0 saturated heterocycles. The molecule has 1 aliphatic carbocycles. The molecule has 2 aliphatic heterocycles. The summed E-state index contributed by atoms with van der Waals surface area (Å²) in [5, 5.41) is 31.3. The molecule has 9 nitrogen and oxygen atoms in total. The van der Waals surface area contributed by atoms with Crippen molar-refractivity contribution in [3.63, 3.8) is 0 Å². The van der Waals surface area contributed by atoms with Gasteiger partial charge < -0.3 is 29.7 Å². The van der Waals surface area contributed by atoms with Crippen LogP contribution < -0.4 is 9.64 Å². The van der Waals surface area contributed by atoms with Crippen molar-refractivity contribution in [2.75, 3.05) is 25.2 Å². The fraction of sp³-hybridized carbons (Fsp3) is 0.321. The van der Waals surface area contributed by atoms with E-state index in [1.807, 2.05) is 6.92 Å². The topological polar surface area (TPSA) is 121 Å². The number of nitrogens with zero attached hydrogens (tertiary/aromatic N) is 4. The number of pyridine rings is 1. The summed E-state index contributed by atoms with van der Waals surface area (Å²) in [7, 11) is 1.62. The number of aryl methyl sites for hydroxylation is 1. The first-order valence-corrected chi connectivity index (χ1v) is 12.3. The van der Waals surface area contributed by atoms with Crippen LogP contribution in [0, 0.1) is 30.5 Å². The third-order valence-corrected chi connectivity index (χ3v) is 7.13. The monoisotopic (exact) mass is 516 g/mol. The van der Waals surface area contributed by atoms with E-state index in [0.717, 1.165) is 6.42 Å². The number of hydrogen-bond acceptors (Lipinski definition) is 9. The number of halogens is 1. The first-order valence-electron chi connectivity index (χ1n) is 12.3.